The van der Waals surface area contributed by atoms with E-state index in [2.05, 4.69) is 10.3 Å². The maximum atomic E-state index is 13.6. The Hall–Kier alpha value is -1.68. The second kappa shape index (κ2) is 4.90. The Kier molecular flexibility index (Phi) is 3.11. The molecule has 0 unspecified atom stereocenters. The van der Waals surface area contributed by atoms with Crippen molar-refractivity contribution in [2.24, 2.45) is 0 Å². The lowest BCUT2D eigenvalue weighted by atomic mass is 10.1. The van der Waals surface area contributed by atoms with Crippen molar-refractivity contribution in [2.45, 2.75) is 25.4 Å². The molecule has 1 aromatic heterocycles. The van der Waals surface area contributed by atoms with Crippen molar-refractivity contribution in [3.8, 4) is 0 Å². The molecule has 1 N–H and O–H groups in total. The highest BCUT2D eigenvalue weighted by Crippen LogP contribution is 2.23. The Morgan fingerprint density at radius 2 is 2.28 bits per heavy atom. The van der Waals surface area contributed by atoms with Gasteiger partial charge in [0.2, 0.25) is 0 Å². The first kappa shape index (κ1) is 11.4. The van der Waals surface area contributed by atoms with Gasteiger partial charge < -0.3 is 9.88 Å². The first-order valence-corrected chi connectivity index (χ1v) is 6.31. The van der Waals surface area contributed by atoms with E-state index in [-0.39, 0.29) is 5.82 Å². The van der Waals surface area contributed by atoms with Gasteiger partial charge in [0.1, 0.15) is 5.82 Å². The third-order valence-corrected chi connectivity index (χ3v) is 3.46. The van der Waals surface area contributed by atoms with Crippen LogP contribution in [0.25, 0.3) is 0 Å². The van der Waals surface area contributed by atoms with E-state index >= 15 is 0 Å². The van der Waals surface area contributed by atoms with Gasteiger partial charge in [-0.05, 0) is 25.5 Å². The molecule has 4 heteroatoms. The van der Waals surface area contributed by atoms with Crippen molar-refractivity contribution in [1.29, 1.82) is 0 Å². The quantitative estimate of drug-likeness (QED) is 0.900. The summed E-state index contributed by atoms with van der Waals surface area (Å²) in [6, 6.07) is 7.26. The van der Waals surface area contributed by atoms with Crippen LogP contribution in [0.2, 0.25) is 0 Å². The van der Waals surface area contributed by atoms with Gasteiger partial charge >= 0.3 is 0 Å². The van der Waals surface area contributed by atoms with Crippen molar-refractivity contribution in [1.82, 2.24) is 14.9 Å². The average Bonchev–Trinajstić information content (AvgIpc) is 3.02. The molecule has 2 aromatic rings. The van der Waals surface area contributed by atoms with E-state index < -0.39 is 0 Å². The monoisotopic (exact) mass is 245 g/mol. The Morgan fingerprint density at radius 3 is 3.06 bits per heavy atom. The van der Waals surface area contributed by atoms with Crippen LogP contribution in [0.15, 0.2) is 36.8 Å². The fraction of sp³-hybridized carbons (Fsp3) is 0.357. The highest BCUT2D eigenvalue weighted by atomic mass is 19.1. The molecule has 2 heterocycles. The highest BCUT2D eigenvalue weighted by molar-refractivity contribution is 5.19. The molecule has 18 heavy (non-hydrogen) atoms. The zero-order valence-electron chi connectivity index (χ0n) is 10.1. The zero-order chi connectivity index (χ0) is 12.4. The number of imidazole rings is 1. The molecule has 1 aliphatic rings. The van der Waals surface area contributed by atoms with E-state index in [4.69, 9.17) is 0 Å². The van der Waals surface area contributed by atoms with Crippen molar-refractivity contribution >= 4 is 0 Å². The Balaban J connectivity index is 1.85. The fourth-order valence-corrected chi connectivity index (χ4v) is 2.50. The Bertz CT molecular complexity index is 529. The van der Waals surface area contributed by atoms with Crippen LogP contribution in [-0.2, 0) is 6.54 Å². The van der Waals surface area contributed by atoms with Crippen molar-refractivity contribution in [3.05, 3.63) is 53.9 Å². The lowest BCUT2D eigenvalue weighted by molar-refractivity contribution is 0.564. The number of aromatic nitrogens is 2. The lowest BCUT2D eigenvalue weighted by Crippen LogP contribution is -2.17. The van der Waals surface area contributed by atoms with Crippen LogP contribution in [0.4, 0.5) is 4.39 Å². The number of hydrogen-bond acceptors (Lipinski definition) is 2. The molecule has 0 radical (unpaired) electrons. The normalized spacial score (nSPS) is 19.3. The van der Waals surface area contributed by atoms with E-state index in [1.165, 1.54) is 12.5 Å². The summed E-state index contributed by atoms with van der Waals surface area (Å²) in [7, 11) is 0. The number of hydrogen-bond donors (Lipinski definition) is 1. The maximum absolute atomic E-state index is 13.6. The molecule has 3 rings (SSSR count). The van der Waals surface area contributed by atoms with Gasteiger partial charge in [-0.1, -0.05) is 18.2 Å². The standard InChI is InChI=1S/C14H16FN3/c15-12-5-2-1-4-11(12)9-18-10-16-8-14(18)13-6-3-7-17-13/h1-2,4-5,8,10,13,17H,3,6-7,9H2/t13-/m0/s1. The molecular formula is C14H16FN3. The third kappa shape index (κ3) is 2.16. The summed E-state index contributed by atoms with van der Waals surface area (Å²) in [6.45, 7) is 1.59. The first-order chi connectivity index (χ1) is 8.84. The van der Waals surface area contributed by atoms with Gasteiger partial charge in [-0.15, -0.1) is 0 Å². The SMILES string of the molecule is Fc1ccccc1Cn1cncc1[C@@H]1CCCN1. The van der Waals surface area contributed by atoms with Crippen molar-refractivity contribution in [3.63, 3.8) is 0 Å². The van der Waals surface area contributed by atoms with E-state index in [0.29, 0.717) is 18.2 Å². The fourth-order valence-electron chi connectivity index (χ4n) is 2.50. The molecule has 94 valence electrons. The number of benzene rings is 1. The smallest absolute Gasteiger partial charge is 0.128 e. The van der Waals surface area contributed by atoms with Crippen LogP contribution in [0, 0.1) is 5.82 Å². The molecule has 0 aliphatic carbocycles. The number of nitrogens with one attached hydrogen (secondary N) is 1. The van der Waals surface area contributed by atoms with Gasteiger partial charge in [-0.3, -0.25) is 0 Å². The van der Waals surface area contributed by atoms with Crippen molar-refractivity contribution < 1.29 is 4.39 Å². The molecule has 0 bridgehead atoms. The molecule has 1 saturated heterocycles. The Morgan fingerprint density at radius 1 is 1.39 bits per heavy atom. The highest BCUT2D eigenvalue weighted by Gasteiger charge is 2.19. The summed E-state index contributed by atoms with van der Waals surface area (Å²) >= 11 is 0. The summed E-state index contributed by atoms with van der Waals surface area (Å²) in [5.41, 5.74) is 1.85. The predicted molar refractivity (Wildman–Crippen MR) is 67.7 cm³/mol. The van der Waals surface area contributed by atoms with Crippen LogP contribution in [-0.4, -0.2) is 16.1 Å². The lowest BCUT2D eigenvalue weighted by Gasteiger charge is -2.14. The van der Waals surface area contributed by atoms with E-state index in [1.54, 1.807) is 12.4 Å². The summed E-state index contributed by atoms with van der Waals surface area (Å²) in [6.07, 6.45) is 5.98. The molecular weight excluding hydrogens is 229 g/mol. The topological polar surface area (TPSA) is 29.9 Å². The predicted octanol–water partition coefficient (Wildman–Crippen LogP) is 2.50. The molecule has 3 nitrogen and oxygen atoms in total. The summed E-state index contributed by atoms with van der Waals surface area (Å²) < 4.78 is 15.7. The summed E-state index contributed by atoms with van der Waals surface area (Å²) in [5, 5.41) is 3.45. The van der Waals surface area contributed by atoms with Crippen LogP contribution < -0.4 is 5.32 Å². The van der Waals surface area contributed by atoms with E-state index in [0.717, 1.165) is 18.7 Å². The van der Waals surface area contributed by atoms with Crippen LogP contribution in [0.3, 0.4) is 0 Å². The third-order valence-electron chi connectivity index (χ3n) is 3.46. The van der Waals surface area contributed by atoms with Gasteiger partial charge in [-0.2, -0.15) is 0 Å². The van der Waals surface area contributed by atoms with Crippen LogP contribution in [0.1, 0.15) is 30.1 Å². The van der Waals surface area contributed by atoms with Crippen LogP contribution >= 0.6 is 0 Å². The second-order valence-corrected chi connectivity index (χ2v) is 4.69. The first-order valence-electron chi connectivity index (χ1n) is 6.31. The largest absolute Gasteiger partial charge is 0.329 e. The van der Waals surface area contributed by atoms with E-state index in [9.17, 15) is 4.39 Å². The summed E-state index contributed by atoms with van der Waals surface area (Å²) in [5.74, 6) is -0.156. The minimum Gasteiger partial charge on any atom is -0.329 e. The molecule has 1 aromatic carbocycles. The molecule has 0 spiro atoms. The second-order valence-electron chi connectivity index (χ2n) is 4.69. The number of halogens is 1. The molecule has 1 aliphatic heterocycles. The Labute approximate surface area is 106 Å². The summed E-state index contributed by atoms with van der Waals surface area (Å²) in [4.78, 5) is 4.19. The van der Waals surface area contributed by atoms with Gasteiger partial charge in [0.05, 0.1) is 18.6 Å². The molecule has 1 fully saturated rings. The minimum absolute atomic E-state index is 0.156. The van der Waals surface area contributed by atoms with Gasteiger partial charge in [0.25, 0.3) is 0 Å². The number of rotatable bonds is 3. The van der Waals surface area contributed by atoms with Gasteiger partial charge in [0, 0.05) is 17.8 Å². The average molecular weight is 245 g/mol. The zero-order valence-corrected chi connectivity index (χ0v) is 10.1. The minimum atomic E-state index is -0.156. The van der Waals surface area contributed by atoms with E-state index in [1.807, 2.05) is 22.9 Å². The van der Waals surface area contributed by atoms with Gasteiger partial charge in [-0.25, -0.2) is 9.37 Å². The van der Waals surface area contributed by atoms with Gasteiger partial charge in [0.15, 0.2) is 0 Å². The maximum Gasteiger partial charge on any atom is 0.128 e. The number of nitrogens with zero attached hydrogens (tertiary/aromatic N) is 2. The molecule has 0 amide bonds. The molecule has 1 atom stereocenters. The van der Waals surface area contributed by atoms with Crippen molar-refractivity contribution in [2.75, 3.05) is 6.54 Å². The van der Waals surface area contributed by atoms with Crippen LogP contribution in [0.5, 0.6) is 0 Å². The molecule has 0 saturated carbocycles.